The van der Waals surface area contributed by atoms with E-state index < -0.39 is 0 Å². The summed E-state index contributed by atoms with van der Waals surface area (Å²) in [5, 5.41) is 11.5. The van der Waals surface area contributed by atoms with Crippen LogP contribution in [0.1, 0.15) is 12.0 Å². The fraction of sp³-hybridized carbons (Fsp3) is 0.125. The highest BCUT2D eigenvalue weighted by Crippen LogP contribution is 2.20. The Hall–Kier alpha value is -2.33. The summed E-state index contributed by atoms with van der Waals surface area (Å²) in [6, 6.07) is 13.2. The number of H-pyrrole nitrogens is 1. The van der Waals surface area contributed by atoms with Crippen molar-refractivity contribution in [2.75, 3.05) is 5.32 Å². The number of halogens is 1. The minimum absolute atomic E-state index is 0.0212. The van der Waals surface area contributed by atoms with E-state index in [4.69, 9.17) is 11.6 Å². The number of para-hydroxylation sites is 1. The molecular formula is C16H14ClN3O. The van der Waals surface area contributed by atoms with Crippen molar-refractivity contribution in [3.05, 3.63) is 59.2 Å². The number of nitrogens with one attached hydrogen (secondary N) is 2. The molecule has 0 saturated heterocycles. The molecule has 3 aromatic rings. The van der Waals surface area contributed by atoms with Crippen LogP contribution in [0.4, 0.5) is 5.69 Å². The number of aromatic amines is 1. The summed E-state index contributed by atoms with van der Waals surface area (Å²) < 4.78 is 0. The number of fused-ring (bicyclic) bond motifs is 1. The van der Waals surface area contributed by atoms with Gasteiger partial charge in [0, 0.05) is 16.8 Å². The van der Waals surface area contributed by atoms with Crippen molar-refractivity contribution in [3.63, 3.8) is 0 Å². The van der Waals surface area contributed by atoms with Crippen molar-refractivity contribution < 1.29 is 4.79 Å². The van der Waals surface area contributed by atoms with Gasteiger partial charge in [0.2, 0.25) is 5.91 Å². The van der Waals surface area contributed by atoms with Gasteiger partial charge in [-0.1, -0.05) is 35.9 Å². The highest BCUT2D eigenvalue weighted by atomic mass is 35.5. The molecule has 1 aromatic heterocycles. The van der Waals surface area contributed by atoms with Crippen molar-refractivity contribution in [1.29, 1.82) is 0 Å². The zero-order chi connectivity index (χ0) is 14.7. The number of aryl methyl sites for hydroxylation is 1. The smallest absolute Gasteiger partial charge is 0.224 e. The van der Waals surface area contributed by atoms with E-state index in [1.165, 1.54) is 0 Å². The number of benzene rings is 2. The standard InChI is InChI=1S/C16H14ClN3O/c17-13-7-4-11(5-8-13)6-9-15(21)19-14-3-1-2-12-10-18-20-16(12)14/h1-5,7-8,10H,6,9H2,(H,18,20)(H,19,21). The van der Waals surface area contributed by atoms with Crippen LogP contribution in [0.15, 0.2) is 48.7 Å². The predicted octanol–water partition coefficient (Wildman–Crippen LogP) is 3.79. The molecule has 0 atom stereocenters. The summed E-state index contributed by atoms with van der Waals surface area (Å²) in [6.07, 6.45) is 2.84. The largest absolute Gasteiger partial charge is 0.324 e. The molecule has 5 heteroatoms. The molecular weight excluding hydrogens is 286 g/mol. The van der Waals surface area contributed by atoms with Crippen LogP contribution < -0.4 is 5.32 Å². The molecule has 21 heavy (non-hydrogen) atoms. The summed E-state index contributed by atoms with van der Waals surface area (Å²) in [5.41, 5.74) is 2.69. The van der Waals surface area contributed by atoms with Crippen LogP contribution >= 0.6 is 11.6 Å². The summed E-state index contributed by atoms with van der Waals surface area (Å²) in [7, 11) is 0. The lowest BCUT2D eigenvalue weighted by molar-refractivity contribution is -0.116. The molecule has 0 aliphatic rings. The highest BCUT2D eigenvalue weighted by Gasteiger charge is 2.07. The highest BCUT2D eigenvalue weighted by molar-refractivity contribution is 6.30. The fourth-order valence-electron chi connectivity index (χ4n) is 2.19. The van der Waals surface area contributed by atoms with E-state index in [-0.39, 0.29) is 5.91 Å². The molecule has 0 radical (unpaired) electrons. The van der Waals surface area contributed by atoms with Gasteiger partial charge in [0.15, 0.2) is 0 Å². The third-order valence-electron chi connectivity index (χ3n) is 3.30. The van der Waals surface area contributed by atoms with Gasteiger partial charge < -0.3 is 5.32 Å². The molecule has 2 aromatic carbocycles. The van der Waals surface area contributed by atoms with Gasteiger partial charge in [0.1, 0.15) is 0 Å². The summed E-state index contributed by atoms with van der Waals surface area (Å²) in [4.78, 5) is 12.0. The summed E-state index contributed by atoms with van der Waals surface area (Å²) in [6.45, 7) is 0. The number of carbonyl (C=O) groups excluding carboxylic acids is 1. The van der Waals surface area contributed by atoms with Crippen LogP contribution in [0.3, 0.4) is 0 Å². The van der Waals surface area contributed by atoms with Crippen molar-refractivity contribution in [3.8, 4) is 0 Å². The lowest BCUT2D eigenvalue weighted by Gasteiger charge is -2.06. The first-order chi connectivity index (χ1) is 10.2. The van der Waals surface area contributed by atoms with E-state index in [0.29, 0.717) is 17.9 Å². The van der Waals surface area contributed by atoms with Gasteiger partial charge in [-0.15, -0.1) is 0 Å². The van der Waals surface area contributed by atoms with Crippen LogP contribution in [0.5, 0.6) is 0 Å². The minimum Gasteiger partial charge on any atom is -0.324 e. The zero-order valence-corrected chi connectivity index (χ0v) is 12.0. The second-order valence-electron chi connectivity index (χ2n) is 4.81. The van der Waals surface area contributed by atoms with E-state index in [0.717, 1.165) is 22.2 Å². The normalized spacial score (nSPS) is 10.7. The Labute approximate surface area is 127 Å². The van der Waals surface area contributed by atoms with E-state index in [9.17, 15) is 4.79 Å². The Morgan fingerprint density at radius 1 is 1.19 bits per heavy atom. The first-order valence-electron chi connectivity index (χ1n) is 6.69. The Morgan fingerprint density at radius 2 is 2.00 bits per heavy atom. The average molecular weight is 300 g/mol. The van der Waals surface area contributed by atoms with Crippen molar-refractivity contribution >= 4 is 34.1 Å². The topological polar surface area (TPSA) is 57.8 Å². The molecule has 2 N–H and O–H groups in total. The molecule has 106 valence electrons. The molecule has 0 fully saturated rings. The zero-order valence-electron chi connectivity index (χ0n) is 11.3. The molecule has 0 bridgehead atoms. The van der Waals surface area contributed by atoms with Crippen LogP contribution in [0.2, 0.25) is 5.02 Å². The monoisotopic (exact) mass is 299 g/mol. The van der Waals surface area contributed by atoms with E-state index >= 15 is 0 Å². The van der Waals surface area contributed by atoms with Crippen LogP contribution in [-0.2, 0) is 11.2 Å². The molecule has 0 aliphatic carbocycles. The van der Waals surface area contributed by atoms with Crippen molar-refractivity contribution in [2.24, 2.45) is 0 Å². The molecule has 0 spiro atoms. The van der Waals surface area contributed by atoms with Gasteiger partial charge in [0.05, 0.1) is 17.4 Å². The lowest BCUT2D eigenvalue weighted by atomic mass is 10.1. The third kappa shape index (κ3) is 3.23. The Balaban J connectivity index is 1.64. The van der Waals surface area contributed by atoms with Crippen LogP contribution in [-0.4, -0.2) is 16.1 Å². The molecule has 0 unspecified atom stereocenters. The summed E-state index contributed by atoms with van der Waals surface area (Å²) in [5.74, 6) is -0.0212. The fourth-order valence-corrected chi connectivity index (χ4v) is 2.32. The van der Waals surface area contributed by atoms with E-state index in [2.05, 4.69) is 15.5 Å². The quantitative estimate of drug-likeness (QED) is 0.770. The number of rotatable bonds is 4. The first-order valence-corrected chi connectivity index (χ1v) is 7.06. The number of anilines is 1. The number of hydrogen-bond donors (Lipinski definition) is 2. The molecule has 0 saturated carbocycles. The summed E-state index contributed by atoms with van der Waals surface area (Å²) >= 11 is 5.84. The van der Waals surface area contributed by atoms with Gasteiger partial charge in [-0.2, -0.15) is 5.10 Å². The van der Waals surface area contributed by atoms with Gasteiger partial charge >= 0.3 is 0 Å². The van der Waals surface area contributed by atoms with Crippen LogP contribution in [0, 0.1) is 0 Å². The van der Waals surface area contributed by atoms with E-state index in [1.54, 1.807) is 6.20 Å². The SMILES string of the molecule is O=C(CCc1ccc(Cl)cc1)Nc1cccc2cn[nH]c12. The molecule has 3 rings (SSSR count). The minimum atomic E-state index is -0.0212. The molecule has 0 aliphatic heterocycles. The number of carbonyl (C=O) groups is 1. The number of amides is 1. The molecule has 4 nitrogen and oxygen atoms in total. The lowest BCUT2D eigenvalue weighted by Crippen LogP contribution is -2.12. The molecule has 1 heterocycles. The van der Waals surface area contributed by atoms with Crippen molar-refractivity contribution in [2.45, 2.75) is 12.8 Å². The third-order valence-corrected chi connectivity index (χ3v) is 3.56. The van der Waals surface area contributed by atoms with Crippen LogP contribution in [0.25, 0.3) is 10.9 Å². The van der Waals surface area contributed by atoms with E-state index in [1.807, 2.05) is 42.5 Å². The number of nitrogens with zero attached hydrogens (tertiary/aromatic N) is 1. The maximum Gasteiger partial charge on any atom is 0.224 e. The Morgan fingerprint density at radius 3 is 2.81 bits per heavy atom. The maximum absolute atomic E-state index is 12.0. The Bertz CT molecular complexity index is 765. The maximum atomic E-state index is 12.0. The average Bonchev–Trinajstić information content (AvgIpc) is 2.96. The van der Waals surface area contributed by atoms with Gasteiger partial charge in [-0.25, -0.2) is 0 Å². The second kappa shape index (κ2) is 5.97. The van der Waals surface area contributed by atoms with Gasteiger partial charge in [0.25, 0.3) is 0 Å². The molecule has 1 amide bonds. The van der Waals surface area contributed by atoms with Gasteiger partial charge in [-0.3, -0.25) is 9.89 Å². The number of aromatic nitrogens is 2. The second-order valence-corrected chi connectivity index (χ2v) is 5.25. The van der Waals surface area contributed by atoms with Gasteiger partial charge in [-0.05, 0) is 30.2 Å². The Kier molecular flexibility index (Phi) is 3.88. The first kappa shape index (κ1) is 13.6. The number of hydrogen-bond acceptors (Lipinski definition) is 2. The predicted molar refractivity (Wildman–Crippen MR) is 84.5 cm³/mol. The van der Waals surface area contributed by atoms with Crippen molar-refractivity contribution in [1.82, 2.24) is 10.2 Å².